The van der Waals surface area contributed by atoms with Gasteiger partial charge in [-0.25, -0.2) is 0 Å². The number of aliphatic hydroxyl groups is 2. The van der Waals surface area contributed by atoms with Crippen LogP contribution in [0.2, 0.25) is 0 Å². The van der Waals surface area contributed by atoms with Gasteiger partial charge in [-0.3, -0.25) is 0 Å². The van der Waals surface area contributed by atoms with Crippen LogP contribution in [-0.4, -0.2) is 48.2 Å². The number of aliphatic hydroxyl groups excluding tert-OH is 2. The number of morpholine rings is 1. The Morgan fingerprint density at radius 2 is 1.80 bits per heavy atom. The van der Waals surface area contributed by atoms with E-state index in [9.17, 15) is 5.11 Å². The van der Waals surface area contributed by atoms with Gasteiger partial charge in [-0.05, 0) is 29.7 Å². The first kappa shape index (κ1) is 17.9. The second-order valence-corrected chi connectivity index (χ2v) is 6.38. The Hall–Kier alpha value is -1.92. The molecule has 0 spiro atoms. The van der Waals surface area contributed by atoms with Gasteiger partial charge in [-0.1, -0.05) is 42.5 Å². The summed E-state index contributed by atoms with van der Waals surface area (Å²) < 4.78 is 11.3. The SMILES string of the molecule is OC[C@@H](O)[C@H]1COC[C@H](Cc2ccc(OCc3ccccc3)cc2)N1. The molecule has 3 N–H and O–H groups in total. The van der Waals surface area contributed by atoms with Crippen molar-refractivity contribution in [3.05, 3.63) is 65.7 Å². The van der Waals surface area contributed by atoms with Gasteiger partial charge in [0.1, 0.15) is 12.4 Å². The predicted molar refractivity (Wildman–Crippen MR) is 95.5 cm³/mol. The molecule has 3 atom stereocenters. The van der Waals surface area contributed by atoms with Crippen LogP contribution in [0, 0.1) is 0 Å². The van der Waals surface area contributed by atoms with Gasteiger partial charge in [-0.2, -0.15) is 0 Å². The van der Waals surface area contributed by atoms with Gasteiger partial charge in [0.2, 0.25) is 0 Å². The first-order valence-electron chi connectivity index (χ1n) is 8.63. The van der Waals surface area contributed by atoms with Crippen LogP contribution >= 0.6 is 0 Å². The molecule has 5 heteroatoms. The van der Waals surface area contributed by atoms with E-state index in [-0.39, 0.29) is 18.7 Å². The second kappa shape index (κ2) is 8.97. The Labute approximate surface area is 148 Å². The van der Waals surface area contributed by atoms with Gasteiger partial charge in [0.25, 0.3) is 0 Å². The zero-order chi connectivity index (χ0) is 17.5. The van der Waals surface area contributed by atoms with Crippen molar-refractivity contribution in [2.45, 2.75) is 31.2 Å². The minimum Gasteiger partial charge on any atom is -0.489 e. The Balaban J connectivity index is 1.50. The fraction of sp³-hybridized carbons (Fsp3) is 0.400. The third kappa shape index (κ3) is 5.28. The lowest BCUT2D eigenvalue weighted by atomic mass is 10.0. The molecule has 0 radical (unpaired) electrons. The summed E-state index contributed by atoms with van der Waals surface area (Å²) in [6.45, 7) is 1.31. The van der Waals surface area contributed by atoms with Crippen LogP contribution in [0.25, 0.3) is 0 Å². The van der Waals surface area contributed by atoms with E-state index in [1.807, 2.05) is 54.6 Å². The Bertz CT molecular complexity index is 632. The largest absolute Gasteiger partial charge is 0.489 e. The molecule has 0 bridgehead atoms. The van der Waals surface area contributed by atoms with Gasteiger partial charge in [-0.15, -0.1) is 0 Å². The van der Waals surface area contributed by atoms with Crippen molar-refractivity contribution in [3.63, 3.8) is 0 Å². The summed E-state index contributed by atoms with van der Waals surface area (Å²) in [5, 5.41) is 22.2. The van der Waals surface area contributed by atoms with Gasteiger partial charge in [0.05, 0.1) is 32.0 Å². The van der Waals surface area contributed by atoms with Gasteiger partial charge in [0.15, 0.2) is 0 Å². The average Bonchev–Trinajstić information content (AvgIpc) is 2.68. The minimum absolute atomic E-state index is 0.121. The maximum atomic E-state index is 9.75. The number of benzene rings is 2. The maximum Gasteiger partial charge on any atom is 0.119 e. The lowest BCUT2D eigenvalue weighted by Crippen LogP contribution is -2.55. The lowest BCUT2D eigenvalue weighted by molar-refractivity contribution is -0.0219. The van der Waals surface area contributed by atoms with Gasteiger partial charge < -0.3 is 25.0 Å². The molecule has 1 aliphatic heterocycles. The normalized spacial score (nSPS) is 21.7. The highest BCUT2D eigenvalue weighted by molar-refractivity contribution is 5.28. The highest BCUT2D eigenvalue weighted by Crippen LogP contribution is 2.16. The predicted octanol–water partition coefficient (Wildman–Crippen LogP) is 1.52. The van der Waals surface area contributed by atoms with Crippen LogP contribution < -0.4 is 10.1 Å². The van der Waals surface area contributed by atoms with Crippen molar-refractivity contribution in [2.24, 2.45) is 0 Å². The Morgan fingerprint density at radius 1 is 1.04 bits per heavy atom. The third-order valence-electron chi connectivity index (χ3n) is 4.37. The number of nitrogens with one attached hydrogen (secondary N) is 1. The van der Waals surface area contributed by atoms with Gasteiger partial charge in [0, 0.05) is 6.04 Å². The molecule has 0 unspecified atom stereocenters. The van der Waals surface area contributed by atoms with E-state index in [4.69, 9.17) is 14.6 Å². The molecular formula is C20H25NO4. The fourth-order valence-corrected chi connectivity index (χ4v) is 2.95. The van der Waals surface area contributed by atoms with E-state index in [2.05, 4.69) is 5.32 Å². The molecule has 0 aromatic heterocycles. The Morgan fingerprint density at radius 3 is 2.52 bits per heavy atom. The number of rotatable bonds is 7. The summed E-state index contributed by atoms with van der Waals surface area (Å²) in [5.41, 5.74) is 2.32. The molecule has 1 aliphatic rings. The monoisotopic (exact) mass is 343 g/mol. The molecule has 134 valence electrons. The molecule has 1 heterocycles. The molecule has 1 saturated heterocycles. The van der Waals surface area contributed by atoms with Crippen molar-refractivity contribution in [1.29, 1.82) is 0 Å². The van der Waals surface area contributed by atoms with Crippen LogP contribution in [0.15, 0.2) is 54.6 Å². The first-order chi connectivity index (χ1) is 12.2. The molecule has 2 aromatic carbocycles. The topological polar surface area (TPSA) is 71.0 Å². The molecule has 25 heavy (non-hydrogen) atoms. The summed E-state index contributed by atoms with van der Waals surface area (Å²) in [5.74, 6) is 0.842. The molecule has 0 amide bonds. The second-order valence-electron chi connectivity index (χ2n) is 6.38. The third-order valence-corrected chi connectivity index (χ3v) is 4.37. The van der Waals surface area contributed by atoms with Crippen LogP contribution in [0.5, 0.6) is 5.75 Å². The smallest absolute Gasteiger partial charge is 0.119 e. The molecule has 2 aromatic rings. The molecule has 0 aliphatic carbocycles. The van der Waals surface area contributed by atoms with Crippen molar-refractivity contribution < 1.29 is 19.7 Å². The van der Waals surface area contributed by atoms with Crippen LogP contribution in [0.3, 0.4) is 0 Å². The highest BCUT2D eigenvalue weighted by Gasteiger charge is 2.26. The van der Waals surface area contributed by atoms with Crippen molar-refractivity contribution in [1.82, 2.24) is 5.32 Å². The zero-order valence-electron chi connectivity index (χ0n) is 14.2. The summed E-state index contributed by atoms with van der Waals surface area (Å²) >= 11 is 0. The minimum atomic E-state index is -0.795. The van der Waals surface area contributed by atoms with E-state index in [1.54, 1.807) is 0 Å². The Kier molecular flexibility index (Phi) is 6.42. The average molecular weight is 343 g/mol. The molecule has 1 fully saturated rings. The fourth-order valence-electron chi connectivity index (χ4n) is 2.95. The van der Waals surface area contributed by atoms with E-state index < -0.39 is 6.10 Å². The summed E-state index contributed by atoms with van der Waals surface area (Å²) in [4.78, 5) is 0. The lowest BCUT2D eigenvalue weighted by Gasteiger charge is -2.33. The van der Waals surface area contributed by atoms with E-state index >= 15 is 0 Å². The zero-order valence-corrected chi connectivity index (χ0v) is 14.2. The number of ether oxygens (including phenoxy) is 2. The van der Waals surface area contributed by atoms with E-state index in [1.165, 1.54) is 5.56 Å². The summed E-state index contributed by atoms with van der Waals surface area (Å²) in [6.07, 6.45) is 0.00437. The summed E-state index contributed by atoms with van der Waals surface area (Å²) in [7, 11) is 0. The van der Waals surface area contributed by atoms with Crippen LogP contribution in [-0.2, 0) is 17.8 Å². The molecule has 3 rings (SSSR count). The number of hydrogen-bond donors (Lipinski definition) is 3. The van der Waals surface area contributed by atoms with Crippen LogP contribution in [0.4, 0.5) is 0 Å². The standard InChI is InChI=1S/C20H25NO4/c22-11-20(23)19-14-24-13-17(21-19)10-15-6-8-18(9-7-15)25-12-16-4-2-1-3-5-16/h1-9,17,19-23H,10-14H2/t17-,19+,20+/m0/s1. The van der Waals surface area contributed by atoms with E-state index in [0.717, 1.165) is 17.7 Å². The number of hydrogen-bond acceptors (Lipinski definition) is 5. The van der Waals surface area contributed by atoms with Crippen molar-refractivity contribution >= 4 is 0 Å². The molecular weight excluding hydrogens is 318 g/mol. The van der Waals surface area contributed by atoms with Crippen molar-refractivity contribution in [3.8, 4) is 5.75 Å². The quantitative estimate of drug-likeness (QED) is 0.711. The van der Waals surface area contributed by atoms with Crippen molar-refractivity contribution in [2.75, 3.05) is 19.8 Å². The molecule has 0 saturated carbocycles. The van der Waals surface area contributed by atoms with Crippen LogP contribution in [0.1, 0.15) is 11.1 Å². The van der Waals surface area contributed by atoms with Gasteiger partial charge >= 0.3 is 0 Å². The summed E-state index contributed by atoms with van der Waals surface area (Å²) in [6, 6.07) is 18.0. The first-order valence-corrected chi connectivity index (χ1v) is 8.63. The highest BCUT2D eigenvalue weighted by atomic mass is 16.5. The maximum absolute atomic E-state index is 9.75. The van der Waals surface area contributed by atoms with E-state index in [0.29, 0.717) is 19.8 Å². The molecule has 5 nitrogen and oxygen atoms in total.